The number of esters is 1. The highest BCUT2D eigenvalue weighted by molar-refractivity contribution is 6.74. The fraction of sp³-hybridized carbons (Fsp3) is 0.450. The van der Waals surface area contributed by atoms with Crippen molar-refractivity contribution in [1.82, 2.24) is 10.2 Å². The van der Waals surface area contributed by atoms with Gasteiger partial charge in [0.1, 0.15) is 29.3 Å². The summed E-state index contributed by atoms with van der Waals surface area (Å²) in [6.45, 7) is 14.6. The van der Waals surface area contributed by atoms with E-state index in [2.05, 4.69) is 55.3 Å². The third-order valence-electron chi connectivity index (χ3n) is 10.4. The summed E-state index contributed by atoms with van der Waals surface area (Å²) in [6.07, 6.45) is -2.71. The quantitative estimate of drug-likeness (QED) is 0.0644. The van der Waals surface area contributed by atoms with Crippen LogP contribution < -0.4 is 10.1 Å². The van der Waals surface area contributed by atoms with Crippen molar-refractivity contribution in [3.05, 3.63) is 113 Å². The van der Waals surface area contributed by atoms with Gasteiger partial charge in [0, 0.05) is 6.54 Å². The van der Waals surface area contributed by atoms with E-state index in [0.717, 1.165) is 22.8 Å². The number of hydrogen-bond acceptors (Lipinski definition) is 9. The lowest BCUT2D eigenvalue weighted by molar-refractivity contribution is -0.141. The molecule has 2 aliphatic heterocycles. The summed E-state index contributed by atoms with van der Waals surface area (Å²) in [6, 6.07) is 27.4. The van der Waals surface area contributed by atoms with Gasteiger partial charge in [-0.15, -0.1) is 0 Å². The molecule has 0 aliphatic carbocycles. The summed E-state index contributed by atoms with van der Waals surface area (Å²) < 4.78 is 22.9. The minimum atomic E-state index is -2.44. The van der Waals surface area contributed by atoms with Crippen LogP contribution in [-0.2, 0) is 29.0 Å². The number of nitrogens with one attached hydrogen (secondary N) is 1. The molecule has 6 atom stereocenters. The number of aliphatic hydroxyl groups excluding tert-OH is 2. The Kier molecular flexibility index (Phi) is 11.3. The zero-order valence-corrected chi connectivity index (χ0v) is 31.9. The van der Waals surface area contributed by atoms with Gasteiger partial charge in [-0.1, -0.05) is 93.6 Å². The third kappa shape index (κ3) is 7.99. The molecule has 1 unspecified atom stereocenters. The monoisotopic (exact) mass is 716 g/mol. The van der Waals surface area contributed by atoms with Crippen molar-refractivity contribution >= 4 is 20.2 Å². The predicted molar refractivity (Wildman–Crippen MR) is 198 cm³/mol. The van der Waals surface area contributed by atoms with Gasteiger partial charge in [-0.05, 0) is 66.9 Å². The second-order valence-corrected chi connectivity index (χ2v) is 19.8. The minimum absolute atomic E-state index is 0.0460. The van der Waals surface area contributed by atoms with Gasteiger partial charge in [-0.25, -0.2) is 4.79 Å². The fourth-order valence-corrected chi connectivity index (χ4v) is 7.58. The number of methoxy groups -OCH3 is 1. The van der Waals surface area contributed by atoms with Crippen LogP contribution in [0.5, 0.6) is 5.75 Å². The van der Waals surface area contributed by atoms with E-state index in [1.165, 1.54) is 0 Å². The molecule has 2 aliphatic rings. The first-order valence-electron chi connectivity index (χ1n) is 17.5. The number of carbonyl (C=O) groups is 2. The first-order valence-corrected chi connectivity index (χ1v) is 20.4. The van der Waals surface area contributed by atoms with Crippen LogP contribution >= 0.6 is 0 Å². The molecule has 2 heterocycles. The highest BCUT2D eigenvalue weighted by Crippen LogP contribution is 2.49. The molecule has 3 aromatic carbocycles. The van der Waals surface area contributed by atoms with Crippen LogP contribution in [0.25, 0.3) is 0 Å². The van der Waals surface area contributed by atoms with E-state index in [1.54, 1.807) is 21.0 Å². The maximum Gasteiger partial charge on any atom is 0.354 e. The van der Waals surface area contributed by atoms with Crippen LogP contribution in [0.1, 0.15) is 51.3 Å². The molecule has 2 saturated heterocycles. The molecule has 3 aromatic rings. The second-order valence-electron chi connectivity index (χ2n) is 15.0. The van der Waals surface area contributed by atoms with E-state index in [0.29, 0.717) is 18.9 Å². The Morgan fingerprint density at radius 3 is 1.98 bits per heavy atom. The lowest BCUT2D eigenvalue weighted by atomic mass is 9.76. The SMILES string of the molecule is CCOC(=O)/C(=C/[C@@H](O)[C@H](O)[C@@H]1CN1C(c1ccccc1)(c1ccccc1)c1ccc(OC)cc1)NC(=O)[C@@H](O[Si](C)(C)C(C)(C)C)[C@]1(C)CO1. The van der Waals surface area contributed by atoms with E-state index in [-0.39, 0.29) is 17.3 Å². The van der Waals surface area contributed by atoms with Crippen molar-refractivity contribution in [2.45, 2.75) is 88.2 Å². The van der Waals surface area contributed by atoms with E-state index in [4.69, 9.17) is 18.6 Å². The number of rotatable bonds is 15. The summed E-state index contributed by atoms with van der Waals surface area (Å²) in [4.78, 5) is 29.2. The number of amides is 1. The van der Waals surface area contributed by atoms with Crippen LogP contribution in [0.4, 0.5) is 0 Å². The van der Waals surface area contributed by atoms with Gasteiger partial charge in [-0.2, -0.15) is 0 Å². The zero-order valence-electron chi connectivity index (χ0n) is 30.9. The van der Waals surface area contributed by atoms with Crippen molar-refractivity contribution in [2.75, 3.05) is 26.9 Å². The fourth-order valence-electron chi connectivity index (χ4n) is 6.28. The maximum atomic E-state index is 13.8. The molecular formula is C40H52N2O8Si. The van der Waals surface area contributed by atoms with E-state index in [1.807, 2.05) is 73.8 Å². The molecule has 11 heteroatoms. The number of carbonyl (C=O) groups excluding carboxylic acids is 2. The lowest BCUT2D eigenvalue weighted by Gasteiger charge is -2.39. The molecule has 0 radical (unpaired) electrons. The van der Waals surface area contributed by atoms with Gasteiger partial charge in [-0.3, -0.25) is 9.69 Å². The van der Waals surface area contributed by atoms with Crippen LogP contribution in [0, 0.1) is 0 Å². The number of hydrogen-bond donors (Lipinski definition) is 3. The summed E-state index contributed by atoms with van der Waals surface area (Å²) in [5.74, 6) is -0.705. The van der Waals surface area contributed by atoms with Crippen molar-refractivity contribution in [2.24, 2.45) is 0 Å². The van der Waals surface area contributed by atoms with E-state index < -0.39 is 55.7 Å². The molecule has 0 aromatic heterocycles. The van der Waals surface area contributed by atoms with Gasteiger partial charge in [0.15, 0.2) is 14.4 Å². The highest BCUT2D eigenvalue weighted by Gasteiger charge is 2.57. The zero-order chi connectivity index (χ0) is 37.2. The Bertz CT molecular complexity index is 1650. The Balaban J connectivity index is 1.47. The van der Waals surface area contributed by atoms with Crippen LogP contribution in [-0.4, -0.2) is 92.1 Å². The first kappa shape index (κ1) is 38.4. The van der Waals surface area contributed by atoms with Gasteiger partial charge >= 0.3 is 5.97 Å². The molecular weight excluding hydrogens is 665 g/mol. The number of nitrogens with zero attached hydrogens (tertiary/aromatic N) is 1. The second kappa shape index (κ2) is 15.0. The Hall–Kier alpha value is -3.84. The molecule has 274 valence electrons. The van der Waals surface area contributed by atoms with Gasteiger partial charge in [0.2, 0.25) is 0 Å². The number of epoxide rings is 1. The van der Waals surface area contributed by atoms with E-state index in [9.17, 15) is 19.8 Å². The molecule has 51 heavy (non-hydrogen) atoms. The maximum absolute atomic E-state index is 13.8. The Morgan fingerprint density at radius 2 is 1.51 bits per heavy atom. The van der Waals surface area contributed by atoms with Crippen molar-refractivity contribution in [3.8, 4) is 5.75 Å². The average Bonchev–Trinajstić information content (AvgIpc) is 4.05. The smallest absolute Gasteiger partial charge is 0.354 e. The minimum Gasteiger partial charge on any atom is -0.497 e. The van der Waals surface area contributed by atoms with Gasteiger partial charge < -0.3 is 34.2 Å². The summed E-state index contributed by atoms with van der Waals surface area (Å²) >= 11 is 0. The topological polar surface area (TPSA) is 130 Å². The van der Waals surface area contributed by atoms with Crippen LogP contribution in [0.3, 0.4) is 0 Å². The summed E-state index contributed by atoms with van der Waals surface area (Å²) in [5.41, 5.74) is 0.930. The average molecular weight is 717 g/mol. The molecule has 0 spiro atoms. The largest absolute Gasteiger partial charge is 0.497 e. The van der Waals surface area contributed by atoms with E-state index >= 15 is 0 Å². The van der Waals surface area contributed by atoms with Crippen molar-refractivity contribution in [3.63, 3.8) is 0 Å². The molecule has 3 N–H and O–H groups in total. The standard InChI is InChI=1S/C40H52N2O8Si/c1-9-48-37(46)31(41-36(45)35(39(5)26-49-39)50-51(7,8)38(2,3)4)24-33(43)34(44)32-25-42(32)40(27-16-12-10-13-17-27,28-18-14-11-15-19-28)29-20-22-30(47-6)23-21-29/h10-24,32-35,43-44H,9,25-26H2,1-8H3,(H,41,45)/b31-24-/t32-,33+,34+,35+,39-,42?/m0/s1. The molecule has 2 fully saturated rings. The first-order chi connectivity index (χ1) is 24.1. The lowest BCUT2D eigenvalue weighted by Crippen LogP contribution is -2.54. The normalized spacial score (nSPS) is 22.4. The number of ether oxygens (including phenoxy) is 3. The molecule has 0 saturated carbocycles. The van der Waals surface area contributed by atoms with Crippen LogP contribution in [0.15, 0.2) is 96.7 Å². The van der Waals surface area contributed by atoms with Crippen LogP contribution in [0.2, 0.25) is 18.1 Å². The summed E-state index contributed by atoms with van der Waals surface area (Å²) in [7, 11) is -0.822. The molecule has 5 rings (SSSR count). The predicted octanol–water partition coefficient (Wildman–Crippen LogP) is 5.14. The molecule has 1 amide bonds. The molecule has 10 nitrogen and oxygen atoms in total. The Labute approximate surface area is 302 Å². The Morgan fingerprint density at radius 1 is 0.980 bits per heavy atom. The van der Waals surface area contributed by atoms with Crippen molar-refractivity contribution < 1.29 is 38.4 Å². The number of benzene rings is 3. The highest BCUT2D eigenvalue weighted by atomic mass is 28.4. The van der Waals surface area contributed by atoms with Gasteiger partial charge in [0.05, 0.1) is 31.9 Å². The van der Waals surface area contributed by atoms with Crippen molar-refractivity contribution in [1.29, 1.82) is 0 Å². The third-order valence-corrected chi connectivity index (χ3v) is 14.9. The summed E-state index contributed by atoms with van der Waals surface area (Å²) in [5, 5.41) is 25.7. The van der Waals surface area contributed by atoms with Gasteiger partial charge in [0.25, 0.3) is 5.91 Å². The number of aliphatic hydroxyl groups is 2. The molecule has 0 bridgehead atoms.